The summed E-state index contributed by atoms with van der Waals surface area (Å²) in [6.07, 6.45) is 3.54. The van der Waals surface area contributed by atoms with Gasteiger partial charge in [0.15, 0.2) is 0 Å². The predicted octanol–water partition coefficient (Wildman–Crippen LogP) is 8.18. The van der Waals surface area contributed by atoms with Crippen LogP contribution in [0.4, 0.5) is 11.4 Å². The molecule has 0 saturated heterocycles. The molecule has 0 unspecified atom stereocenters. The first-order valence-corrected chi connectivity index (χ1v) is 11.3. The van der Waals surface area contributed by atoms with Crippen LogP contribution >= 0.6 is 23.2 Å². The number of aliphatic imine (C=N–C) groups is 2. The monoisotopic (exact) mass is 488 g/mol. The number of benzene rings is 4. The molecule has 0 radical (unpaired) electrons. The molecule has 0 spiro atoms. The van der Waals surface area contributed by atoms with Gasteiger partial charge in [0.1, 0.15) is 11.5 Å². The Morgan fingerprint density at radius 1 is 0.559 bits per heavy atom. The van der Waals surface area contributed by atoms with Crippen LogP contribution in [0.25, 0.3) is 11.1 Å². The van der Waals surface area contributed by atoms with Gasteiger partial charge in [0.25, 0.3) is 0 Å². The molecule has 4 aromatic carbocycles. The summed E-state index contributed by atoms with van der Waals surface area (Å²) in [4.78, 5) is 9.02. The van der Waals surface area contributed by atoms with Gasteiger partial charge in [-0.15, -0.1) is 0 Å². The number of nitrogens with zero attached hydrogens (tertiary/aromatic N) is 2. The fourth-order valence-electron chi connectivity index (χ4n) is 3.25. The van der Waals surface area contributed by atoms with E-state index in [4.69, 9.17) is 32.7 Å². The van der Waals surface area contributed by atoms with E-state index in [0.29, 0.717) is 21.4 Å². The van der Waals surface area contributed by atoms with Gasteiger partial charge in [-0.05, 0) is 95.1 Å². The Hall–Kier alpha value is -3.60. The third kappa shape index (κ3) is 5.84. The first kappa shape index (κ1) is 23.6. The molecule has 4 rings (SSSR count). The van der Waals surface area contributed by atoms with E-state index >= 15 is 0 Å². The summed E-state index contributed by atoms with van der Waals surface area (Å²) in [7, 11) is 3.28. The van der Waals surface area contributed by atoms with Gasteiger partial charge in [0.05, 0.1) is 35.6 Å². The molecular weight excluding hydrogens is 467 g/mol. The molecule has 0 amide bonds. The lowest BCUT2D eigenvalue weighted by molar-refractivity contribution is 0.414. The highest BCUT2D eigenvalue weighted by Crippen LogP contribution is 2.34. The van der Waals surface area contributed by atoms with Crippen LogP contribution in [0.15, 0.2) is 94.9 Å². The average molecular weight is 489 g/mol. The Kier molecular flexibility index (Phi) is 7.63. The van der Waals surface area contributed by atoms with Gasteiger partial charge in [-0.1, -0.05) is 35.3 Å². The Morgan fingerprint density at radius 3 is 1.26 bits per heavy atom. The van der Waals surface area contributed by atoms with E-state index < -0.39 is 0 Å². The van der Waals surface area contributed by atoms with Crippen LogP contribution < -0.4 is 9.47 Å². The molecule has 0 aliphatic carbocycles. The smallest absolute Gasteiger partial charge is 0.118 e. The van der Waals surface area contributed by atoms with Crippen LogP contribution in [0, 0.1) is 0 Å². The van der Waals surface area contributed by atoms with Crippen molar-refractivity contribution in [1.82, 2.24) is 0 Å². The van der Waals surface area contributed by atoms with Gasteiger partial charge in [0.2, 0.25) is 0 Å². The van der Waals surface area contributed by atoms with E-state index in [1.807, 2.05) is 84.9 Å². The van der Waals surface area contributed by atoms with Crippen LogP contribution in [0.2, 0.25) is 10.0 Å². The highest BCUT2D eigenvalue weighted by atomic mass is 35.5. The van der Waals surface area contributed by atoms with Crippen LogP contribution in [0.5, 0.6) is 11.5 Å². The zero-order chi connectivity index (χ0) is 23.9. The lowest BCUT2D eigenvalue weighted by Crippen LogP contribution is -1.85. The minimum Gasteiger partial charge on any atom is -0.497 e. The van der Waals surface area contributed by atoms with Crippen molar-refractivity contribution in [1.29, 1.82) is 0 Å². The van der Waals surface area contributed by atoms with Crippen LogP contribution in [0.3, 0.4) is 0 Å². The second-order valence-corrected chi connectivity index (χ2v) is 8.21. The maximum Gasteiger partial charge on any atom is 0.118 e. The molecule has 0 heterocycles. The topological polar surface area (TPSA) is 43.2 Å². The highest BCUT2D eigenvalue weighted by molar-refractivity contribution is 6.34. The standard InChI is InChI=1S/C28H22Cl2N2O2/c1-33-23-9-3-19(4-10-23)17-31-27-13-7-21(15-25(27)29)22-8-14-28(26(30)16-22)32-18-20-5-11-24(34-2)12-6-20/h3-18H,1-2H3/b31-17+,32-18+. The fourth-order valence-corrected chi connectivity index (χ4v) is 3.71. The van der Waals surface area contributed by atoms with Crippen molar-refractivity contribution in [2.45, 2.75) is 0 Å². The van der Waals surface area contributed by atoms with Gasteiger partial charge in [-0.25, -0.2) is 0 Å². The summed E-state index contributed by atoms with van der Waals surface area (Å²) in [5, 5.41) is 1.11. The van der Waals surface area contributed by atoms with Gasteiger partial charge in [-0.3, -0.25) is 9.98 Å². The maximum atomic E-state index is 6.50. The van der Waals surface area contributed by atoms with Gasteiger partial charge >= 0.3 is 0 Å². The summed E-state index contributed by atoms with van der Waals surface area (Å²) < 4.78 is 10.4. The first-order chi connectivity index (χ1) is 16.6. The second-order valence-electron chi connectivity index (χ2n) is 7.40. The van der Waals surface area contributed by atoms with Crippen LogP contribution in [-0.4, -0.2) is 26.6 Å². The number of methoxy groups -OCH3 is 2. The summed E-state index contributed by atoms with van der Waals surface area (Å²) in [5.74, 6) is 1.60. The Labute approximate surface area is 209 Å². The van der Waals surface area contributed by atoms with E-state index in [1.54, 1.807) is 26.6 Å². The molecule has 0 N–H and O–H groups in total. The van der Waals surface area contributed by atoms with E-state index in [9.17, 15) is 0 Å². The van der Waals surface area contributed by atoms with Gasteiger partial charge in [-0.2, -0.15) is 0 Å². The molecule has 34 heavy (non-hydrogen) atoms. The van der Waals surface area contributed by atoms with E-state index in [2.05, 4.69) is 9.98 Å². The SMILES string of the molecule is COc1ccc(/C=N/c2ccc(-c3ccc(/N=C/c4ccc(OC)cc4)c(Cl)c3)cc2Cl)cc1. The quantitative estimate of drug-likeness (QED) is 0.246. The first-order valence-electron chi connectivity index (χ1n) is 10.5. The average Bonchev–Trinajstić information content (AvgIpc) is 2.88. The summed E-state index contributed by atoms with van der Waals surface area (Å²) >= 11 is 13.0. The Bertz CT molecular complexity index is 1230. The van der Waals surface area contributed by atoms with Crippen molar-refractivity contribution in [2.24, 2.45) is 9.98 Å². The molecule has 0 atom stereocenters. The van der Waals surface area contributed by atoms with E-state index in [1.165, 1.54) is 0 Å². The fraction of sp³-hybridized carbons (Fsp3) is 0.0714. The third-order valence-corrected chi connectivity index (χ3v) is 5.77. The largest absolute Gasteiger partial charge is 0.497 e. The minimum atomic E-state index is 0.556. The zero-order valence-corrected chi connectivity index (χ0v) is 20.2. The van der Waals surface area contributed by atoms with Crippen molar-refractivity contribution in [3.63, 3.8) is 0 Å². The number of hydrogen-bond acceptors (Lipinski definition) is 4. The maximum absolute atomic E-state index is 6.50. The van der Waals surface area contributed by atoms with Crippen molar-refractivity contribution in [3.8, 4) is 22.6 Å². The normalized spacial score (nSPS) is 11.3. The van der Waals surface area contributed by atoms with Crippen molar-refractivity contribution >= 4 is 47.0 Å². The molecule has 170 valence electrons. The Morgan fingerprint density at radius 2 is 0.941 bits per heavy atom. The lowest BCUT2D eigenvalue weighted by atomic mass is 10.0. The molecular formula is C28H22Cl2N2O2. The molecule has 4 aromatic rings. The van der Waals surface area contributed by atoms with Gasteiger partial charge in [0, 0.05) is 12.4 Å². The number of rotatable bonds is 7. The molecule has 0 fully saturated rings. The number of hydrogen-bond donors (Lipinski definition) is 0. The lowest BCUT2D eigenvalue weighted by Gasteiger charge is -2.07. The number of halogens is 2. The summed E-state index contributed by atoms with van der Waals surface area (Å²) in [6, 6.07) is 26.8. The third-order valence-electron chi connectivity index (χ3n) is 5.17. The second kappa shape index (κ2) is 11.0. The zero-order valence-electron chi connectivity index (χ0n) is 18.7. The van der Waals surface area contributed by atoms with Crippen LogP contribution in [0.1, 0.15) is 11.1 Å². The summed E-state index contributed by atoms with van der Waals surface area (Å²) in [5.41, 5.74) is 5.18. The predicted molar refractivity (Wildman–Crippen MR) is 142 cm³/mol. The molecule has 0 aliphatic heterocycles. The molecule has 0 aromatic heterocycles. The number of ether oxygens (including phenoxy) is 2. The summed E-state index contributed by atoms with van der Waals surface area (Å²) in [6.45, 7) is 0. The molecule has 0 bridgehead atoms. The van der Waals surface area contributed by atoms with Crippen molar-refractivity contribution in [3.05, 3.63) is 106 Å². The van der Waals surface area contributed by atoms with E-state index in [-0.39, 0.29) is 0 Å². The minimum absolute atomic E-state index is 0.556. The Balaban J connectivity index is 1.49. The van der Waals surface area contributed by atoms with E-state index in [0.717, 1.165) is 33.8 Å². The van der Waals surface area contributed by atoms with Crippen molar-refractivity contribution in [2.75, 3.05) is 14.2 Å². The molecule has 6 heteroatoms. The van der Waals surface area contributed by atoms with Gasteiger partial charge < -0.3 is 9.47 Å². The molecule has 4 nitrogen and oxygen atoms in total. The molecule has 0 saturated carbocycles. The van der Waals surface area contributed by atoms with Crippen molar-refractivity contribution < 1.29 is 9.47 Å². The highest BCUT2D eigenvalue weighted by Gasteiger charge is 2.06. The van der Waals surface area contributed by atoms with Crippen LogP contribution in [-0.2, 0) is 0 Å². The molecule has 0 aliphatic rings.